The number of carbonyl (C=O) groups excluding carboxylic acids is 1. The molecule has 96 valence electrons. The zero-order chi connectivity index (χ0) is 12.6. The minimum absolute atomic E-state index is 0.165. The number of nitrogens with zero attached hydrogens (tertiary/aromatic N) is 2. The van der Waals surface area contributed by atoms with Crippen LogP contribution in [0.5, 0.6) is 0 Å². The lowest BCUT2D eigenvalue weighted by atomic mass is 9.87. The number of carbonyl (C=O) groups is 1. The highest BCUT2D eigenvalue weighted by Gasteiger charge is 2.23. The van der Waals surface area contributed by atoms with Crippen molar-refractivity contribution in [2.75, 3.05) is 40.8 Å². The number of hydrogen-bond acceptors (Lipinski definition) is 3. The van der Waals surface area contributed by atoms with Crippen molar-refractivity contribution in [3.05, 3.63) is 0 Å². The summed E-state index contributed by atoms with van der Waals surface area (Å²) in [5, 5.41) is 0. The standard InChI is InChI=1S/C13H28N2O/c1-6-8-13(2,12-16)11-15(5)10-7-9-14(3)4/h12H,6-11H2,1-5H3. The lowest BCUT2D eigenvalue weighted by Crippen LogP contribution is -2.36. The van der Waals surface area contributed by atoms with Crippen LogP contribution in [0, 0.1) is 5.41 Å². The summed E-state index contributed by atoms with van der Waals surface area (Å²) in [4.78, 5) is 15.6. The first-order valence-electron chi connectivity index (χ1n) is 6.23. The molecule has 0 aliphatic rings. The van der Waals surface area contributed by atoms with Gasteiger partial charge in [-0.2, -0.15) is 0 Å². The Kier molecular flexibility index (Phi) is 7.60. The van der Waals surface area contributed by atoms with Crippen molar-refractivity contribution in [1.29, 1.82) is 0 Å². The summed E-state index contributed by atoms with van der Waals surface area (Å²) in [5.74, 6) is 0. The molecule has 3 heteroatoms. The van der Waals surface area contributed by atoms with E-state index in [1.54, 1.807) is 0 Å². The third-order valence-corrected chi connectivity index (χ3v) is 2.88. The zero-order valence-corrected chi connectivity index (χ0v) is 11.6. The highest BCUT2D eigenvalue weighted by Crippen LogP contribution is 2.21. The van der Waals surface area contributed by atoms with Crippen molar-refractivity contribution < 1.29 is 4.79 Å². The molecule has 0 bridgehead atoms. The fourth-order valence-corrected chi connectivity index (χ4v) is 2.10. The molecule has 0 aromatic carbocycles. The maximum absolute atomic E-state index is 11.1. The van der Waals surface area contributed by atoms with Crippen molar-refractivity contribution in [3.8, 4) is 0 Å². The number of hydrogen-bond donors (Lipinski definition) is 0. The predicted octanol–water partition coefficient (Wildman–Crippen LogP) is 1.88. The Morgan fingerprint density at radius 2 is 1.81 bits per heavy atom. The first-order chi connectivity index (χ1) is 7.43. The van der Waals surface area contributed by atoms with Crippen molar-refractivity contribution in [3.63, 3.8) is 0 Å². The molecule has 3 nitrogen and oxygen atoms in total. The van der Waals surface area contributed by atoms with Crippen LogP contribution < -0.4 is 0 Å². The minimum atomic E-state index is -0.165. The Hall–Kier alpha value is -0.410. The van der Waals surface area contributed by atoms with Crippen LogP contribution in [0.3, 0.4) is 0 Å². The molecule has 1 unspecified atom stereocenters. The van der Waals surface area contributed by atoms with Gasteiger partial charge in [0.2, 0.25) is 0 Å². The third kappa shape index (κ3) is 6.96. The molecule has 0 aliphatic carbocycles. The van der Waals surface area contributed by atoms with Gasteiger partial charge in [0, 0.05) is 12.0 Å². The number of aldehydes is 1. The molecule has 0 rings (SSSR count). The van der Waals surface area contributed by atoms with Crippen LogP contribution in [0.15, 0.2) is 0 Å². The average molecular weight is 228 g/mol. The first kappa shape index (κ1) is 15.6. The summed E-state index contributed by atoms with van der Waals surface area (Å²) in [6.45, 7) is 7.23. The Balaban J connectivity index is 3.91. The largest absolute Gasteiger partial charge is 0.309 e. The van der Waals surface area contributed by atoms with Crippen molar-refractivity contribution >= 4 is 6.29 Å². The van der Waals surface area contributed by atoms with Gasteiger partial charge < -0.3 is 14.6 Å². The molecular weight excluding hydrogens is 200 g/mol. The van der Waals surface area contributed by atoms with Crippen LogP contribution in [-0.2, 0) is 4.79 Å². The average Bonchev–Trinajstić information content (AvgIpc) is 2.17. The molecule has 16 heavy (non-hydrogen) atoms. The van der Waals surface area contributed by atoms with E-state index in [4.69, 9.17) is 0 Å². The van der Waals surface area contributed by atoms with Crippen LogP contribution in [-0.4, -0.2) is 56.9 Å². The Morgan fingerprint density at radius 3 is 2.25 bits per heavy atom. The molecule has 0 amide bonds. The highest BCUT2D eigenvalue weighted by molar-refractivity contribution is 5.58. The summed E-state index contributed by atoms with van der Waals surface area (Å²) in [7, 11) is 6.28. The van der Waals surface area contributed by atoms with E-state index in [-0.39, 0.29) is 5.41 Å². The summed E-state index contributed by atoms with van der Waals surface area (Å²) >= 11 is 0. The van der Waals surface area contributed by atoms with E-state index < -0.39 is 0 Å². The molecule has 1 atom stereocenters. The molecule has 0 aliphatic heterocycles. The van der Waals surface area contributed by atoms with Gasteiger partial charge in [-0.05, 0) is 47.1 Å². The molecule has 0 N–H and O–H groups in total. The molecule has 0 saturated heterocycles. The van der Waals surface area contributed by atoms with Gasteiger partial charge in [-0.1, -0.05) is 20.3 Å². The second kappa shape index (κ2) is 7.80. The van der Waals surface area contributed by atoms with Gasteiger partial charge in [0.05, 0.1) is 0 Å². The Labute approximate surface area is 101 Å². The Morgan fingerprint density at radius 1 is 1.19 bits per heavy atom. The van der Waals surface area contributed by atoms with E-state index >= 15 is 0 Å². The van der Waals surface area contributed by atoms with Gasteiger partial charge in [0.15, 0.2) is 0 Å². The molecule has 0 radical (unpaired) electrons. The molecule has 0 saturated carbocycles. The van der Waals surface area contributed by atoms with E-state index in [0.717, 1.165) is 45.2 Å². The van der Waals surface area contributed by atoms with Crippen LogP contribution >= 0.6 is 0 Å². The van der Waals surface area contributed by atoms with E-state index in [1.165, 1.54) is 0 Å². The van der Waals surface area contributed by atoms with E-state index in [0.29, 0.717) is 0 Å². The maximum Gasteiger partial charge on any atom is 0.127 e. The lowest BCUT2D eigenvalue weighted by molar-refractivity contribution is -0.116. The number of rotatable bonds is 9. The SMILES string of the molecule is CCCC(C)(C=O)CN(C)CCCN(C)C. The van der Waals surface area contributed by atoms with Crippen LogP contribution in [0.25, 0.3) is 0 Å². The van der Waals surface area contributed by atoms with E-state index in [1.807, 2.05) is 0 Å². The fraction of sp³-hybridized carbons (Fsp3) is 0.923. The molecule has 0 aromatic rings. The van der Waals surface area contributed by atoms with Gasteiger partial charge in [0.25, 0.3) is 0 Å². The Bertz CT molecular complexity index is 194. The topological polar surface area (TPSA) is 23.6 Å². The van der Waals surface area contributed by atoms with Gasteiger partial charge in [-0.15, -0.1) is 0 Å². The maximum atomic E-state index is 11.1. The van der Waals surface area contributed by atoms with E-state index in [9.17, 15) is 4.79 Å². The summed E-state index contributed by atoms with van der Waals surface area (Å²) in [6, 6.07) is 0. The predicted molar refractivity (Wildman–Crippen MR) is 69.7 cm³/mol. The quantitative estimate of drug-likeness (QED) is 0.563. The molecule has 0 spiro atoms. The summed E-state index contributed by atoms with van der Waals surface area (Å²) in [5.41, 5.74) is -0.165. The van der Waals surface area contributed by atoms with Crippen molar-refractivity contribution in [2.45, 2.75) is 33.1 Å². The third-order valence-electron chi connectivity index (χ3n) is 2.88. The van der Waals surface area contributed by atoms with E-state index in [2.05, 4.69) is 44.8 Å². The monoisotopic (exact) mass is 228 g/mol. The fourth-order valence-electron chi connectivity index (χ4n) is 2.10. The normalized spacial score (nSPS) is 15.4. The second-order valence-corrected chi connectivity index (χ2v) is 5.42. The zero-order valence-electron chi connectivity index (χ0n) is 11.6. The van der Waals surface area contributed by atoms with Crippen LogP contribution in [0.1, 0.15) is 33.1 Å². The van der Waals surface area contributed by atoms with Gasteiger partial charge >= 0.3 is 0 Å². The summed E-state index contributed by atoms with van der Waals surface area (Å²) in [6.07, 6.45) is 4.33. The molecule has 0 heterocycles. The highest BCUT2D eigenvalue weighted by atomic mass is 16.1. The molecule has 0 fully saturated rings. The molecular formula is C13H28N2O. The smallest absolute Gasteiger partial charge is 0.127 e. The van der Waals surface area contributed by atoms with Gasteiger partial charge in [-0.25, -0.2) is 0 Å². The van der Waals surface area contributed by atoms with Gasteiger partial charge in [-0.3, -0.25) is 0 Å². The van der Waals surface area contributed by atoms with Crippen LogP contribution in [0.4, 0.5) is 0 Å². The van der Waals surface area contributed by atoms with Gasteiger partial charge in [0.1, 0.15) is 6.29 Å². The minimum Gasteiger partial charge on any atom is -0.309 e. The van der Waals surface area contributed by atoms with Crippen molar-refractivity contribution in [1.82, 2.24) is 9.80 Å². The van der Waals surface area contributed by atoms with Crippen molar-refractivity contribution in [2.24, 2.45) is 5.41 Å². The second-order valence-electron chi connectivity index (χ2n) is 5.42. The lowest BCUT2D eigenvalue weighted by Gasteiger charge is -2.29. The summed E-state index contributed by atoms with van der Waals surface area (Å²) < 4.78 is 0. The van der Waals surface area contributed by atoms with Crippen LogP contribution in [0.2, 0.25) is 0 Å². The first-order valence-corrected chi connectivity index (χ1v) is 6.23. The molecule has 0 aromatic heterocycles.